The van der Waals surface area contributed by atoms with E-state index in [0.29, 0.717) is 25.7 Å². The number of carbonyl (C=O) groups excluding carboxylic acids is 4. The first-order chi connectivity index (χ1) is 42.6. The van der Waals surface area contributed by atoms with Gasteiger partial charge in [-0.2, -0.15) is 0 Å². The summed E-state index contributed by atoms with van der Waals surface area (Å²) in [7, 11) is -9.62. The summed E-state index contributed by atoms with van der Waals surface area (Å²) in [5, 5.41) is 0. The molecular formula is C72H114CaO14S2. The van der Waals surface area contributed by atoms with Gasteiger partial charge in [-0.3, -0.25) is 0 Å². The standard InChI is InChI=1S/2C36H58O7S.Ca/c2*1-3-5-7-9-11-13-15-17-19-21-23-25-29-42-35(37)33-28-27-32(44(39,40)41)31-34(33)36(38)43-30-26-24-22-20-18-16-14-12-10-8-6-4-2;/h2*9-12,27-28,31H,3-8,13-26,29-30H2,1-2H3,(H,39,40,41);/q;;+2/p-2/b2*11-9+,12-10+;. The minimum absolute atomic E-state index is 0. The molecule has 0 atom stereocenters. The van der Waals surface area contributed by atoms with Crippen molar-refractivity contribution in [3.8, 4) is 0 Å². The molecule has 2 aromatic rings. The van der Waals surface area contributed by atoms with E-state index in [9.17, 15) is 45.1 Å². The maximum absolute atomic E-state index is 12.8. The number of rotatable bonds is 54. The van der Waals surface area contributed by atoms with Gasteiger partial charge in [0.05, 0.1) is 58.5 Å². The summed E-state index contributed by atoms with van der Waals surface area (Å²) < 4.78 is 90.7. The molecule has 0 unspecified atom stereocenters. The fourth-order valence-corrected chi connectivity index (χ4v) is 10.5. The molecule has 89 heavy (non-hydrogen) atoms. The maximum Gasteiger partial charge on any atom is 2.00 e. The summed E-state index contributed by atoms with van der Waals surface area (Å²) in [5.74, 6) is -3.14. The van der Waals surface area contributed by atoms with Gasteiger partial charge in [0.15, 0.2) is 0 Å². The second-order valence-corrected chi connectivity index (χ2v) is 25.7. The van der Waals surface area contributed by atoms with Crippen molar-refractivity contribution in [3.05, 3.63) is 107 Å². The van der Waals surface area contributed by atoms with Crippen molar-refractivity contribution in [3.63, 3.8) is 0 Å². The second-order valence-electron chi connectivity index (χ2n) is 23.0. The predicted octanol–water partition coefficient (Wildman–Crippen LogP) is 19.3. The molecule has 0 heterocycles. The van der Waals surface area contributed by atoms with Crippen LogP contribution >= 0.6 is 0 Å². The molecule has 0 radical (unpaired) electrons. The molecule has 500 valence electrons. The molecule has 0 aromatic heterocycles. The number of esters is 4. The molecule has 14 nitrogen and oxygen atoms in total. The Bertz CT molecular complexity index is 2330. The van der Waals surface area contributed by atoms with Gasteiger partial charge in [0, 0.05) is 0 Å². The van der Waals surface area contributed by atoms with Gasteiger partial charge in [-0.15, -0.1) is 0 Å². The Morgan fingerprint density at radius 2 is 0.494 bits per heavy atom. The Kier molecular flexibility index (Phi) is 55.8. The fourth-order valence-electron chi connectivity index (χ4n) is 9.54. The molecule has 0 saturated heterocycles. The second kappa shape index (κ2) is 58.2. The van der Waals surface area contributed by atoms with Crippen LogP contribution in [-0.4, -0.2) is 114 Å². The molecule has 17 heteroatoms. The van der Waals surface area contributed by atoms with Gasteiger partial charge < -0.3 is 28.1 Å². The van der Waals surface area contributed by atoms with E-state index in [1.807, 2.05) is 0 Å². The Balaban J connectivity index is 0.00000172. The first-order valence-corrected chi connectivity index (χ1v) is 36.9. The molecule has 0 spiro atoms. The van der Waals surface area contributed by atoms with E-state index in [1.165, 1.54) is 89.9 Å². The Morgan fingerprint density at radius 3 is 0.708 bits per heavy atom. The normalized spacial score (nSPS) is 11.8. The topological polar surface area (TPSA) is 220 Å². The van der Waals surface area contributed by atoms with E-state index in [-0.39, 0.29) is 86.4 Å². The maximum atomic E-state index is 12.8. The van der Waals surface area contributed by atoms with Crippen molar-refractivity contribution in [2.45, 2.75) is 294 Å². The van der Waals surface area contributed by atoms with Crippen LogP contribution in [0.1, 0.15) is 326 Å². The number of benzene rings is 2. The van der Waals surface area contributed by atoms with Crippen molar-refractivity contribution < 1.29 is 64.1 Å². The van der Waals surface area contributed by atoms with Crippen LogP contribution in [0.2, 0.25) is 0 Å². The van der Waals surface area contributed by atoms with Crippen LogP contribution in [0.4, 0.5) is 0 Å². The van der Waals surface area contributed by atoms with E-state index < -0.39 is 53.9 Å². The van der Waals surface area contributed by atoms with Gasteiger partial charge in [0.25, 0.3) is 0 Å². The average molecular weight is 1310 g/mol. The molecule has 0 saturated carbocycles. The molecule has 0 fully saturated rings. The van der Waals surface area contributed by atoms with Crippen LogP contribution in [0.3, 0.4) is 0 Å². The summed E-state index contributed by atoms with van der Waals surface area (Å²) in [5.41, 5.74) is -0.721. The molecule has 0 bridgehead atoms. The molecule has 0 N–H and O–H groups in total. The minimum atomic E-state index is -4.81. The van der Waals surface area contributed by atoms with Crippen LogP contribution in [-0.2, 0) is 39.2 Å². The summed E-state index contributed by atoms with van der Waals surface area (Å²) in [6.45, 7) is 9.49. The quantitative estimate of drug-likeness (QED) is 0.0150. The third-order valence-electron chi connectivity index (χ3n) is 15.0. The first-order valence-electron chi connectivity index (χ1n) is 34.1. The molecule has 2 aromatic carbocycles. The zero-order chi connectivity index (χ0) is 64.6. The molecule has 2 rings (SSSR count). The Hall–Kier alpha value is -3.64. The number of hydrogen-bond acceptors (Lipinski definition) is 14. The fraction of sp³-hybridized carbons (Fsp3) is 0.667. The number of hydrogen-bond donors (Lipinski definition) is 0. The van der Waals surface area contributed by atoms with Gasteiger partial charge in [-0.25, -0.2) is 36.0 Å². The number of carbonyl (C=O) groups is 4. The van der Waals surface area contributed by atoms with Crippen molar-refractivity contribution in [1.82, 2.24) is 0 Å². The number of allylic oxidation sites excluding steroid dienone is 8. The van der Waals surface area contributed by atoms with Crippen LogP contribution in [0.25, 0.3) is 0 Å². The van der Waals surface area contributed by atoms with Crippen molar-refractivity contribution >= 4 is 81.9 Å². The van der Waals surface area contributed by atoms with Crippen molar-refractivity contribution in [1.29, 1.82) is 0 Å². The smallest absolute Gasteiger partial charge is 0.744 e. The van der Waals surface area contributed by atoms with Crippen LogP contribution in [0.5, 0.6) is 0 Å². The van der Waals surface area contributed by atoms with Crippen molar-refractivity contribution in [2.24, 2.45) is 0 Å². The molecule has 0 amide bonds. The first kappa shape index (κ1) is 85.4. The van der Waals surface area contributed by atoms with Gasteiger partial charge in [0.2, 0.25) is 0 Å². The number of unbranched alkanes of at least 4 members (excludes halogenated alkanes) is 32. The zero-order valence-corrected chi connectivity index (χ0v) is 59.3. The van der Waals surface area contributed by atoms with Gasteiger partial charge >= 0.3 is 61.6 Å². The van der Waals surface area contributed by atoms with E-state index in [0.717, 1.165) is 178 Å². The van der Waals surface area contributed by atoms with E-state index in [1.54, 1.807) is 0 Å². The summed E-state index contributed by atoms with van der Waals surface area (Å²) >= 11 is 0. The third kappa shape index (κ3) is 47.0. The average Bonchev–Trinajstić information content (AvgIpc) is 3.12. The Morgan fingerprint density at radius 1 is 0.303 bits per heavy atom. The van der Waals surface area contributed by atoms with Gasteiger partial charge in [0.1, 0.15) is 20.2 Å². The number of ether oxygens (including phenoxy) is 4. The van der Waals surface area contributed by atoms with E-state index in [4.69, 9.17) is 18.9 Å². The van der Waals surface area contributed by atoms with Crippen LogP contribution < -0.4 is 0 Å². The van der Waals surface area contributed by atoms with Crippen molar-refractivity contribution in [2.75, 3.05) is 26.4 Å². The zero-order valence-electron chi connectivity index (χ0n) is 55.4. The van der Waals surface area contributed by atoms with Crippen LogP contribution in [0.15, 0.2) is 94.8 Å². The molecule has 0 aliphatic heterocycles. The Labute approximate surface area is 569 Å². The molecule has 0 aliphatic rings. The summed E-state index contributed by atoms with van der Waals surface area (Å²) in [6.07, 6.45) is 61.6. The third-order valence-corrected chi connectivity index (χ3v) is 16.7. The predicted molar refractivity (Wildman–Crippen MR) is 360 cm³/mol. The summed E-state index contributed by atoms with van der Waals surface area (Å²) in [6, 6.07) is 6.18. The summed E-state index contributed by atoms with van der Waals surface area (Å²) in [4.78, 5) is 49.9. The van der Waals surface area contributed by atoms with Crippen LogP contribution in [0, 0.1) is 0 Å². The van der Waals surface area contributed by atoms with E-state index in [2.05, 4.69) is 76.3 Å². The molecule has 0 aliphatic carbocycles. The van der Waals surface area contributed by atoms with E-state index >= 15 is 0 Å². The minimum Gasteiger partial charge on any atom is -0.744 e. The molecular weight excluding hydrogens is 1190 g/mol. The van der Waals surface area contributed by atoms with Gasteiger partial charge in [-0.1, -0.05) is 230 Å². The monoisotopic (exact) mass is 1310 g/mol. The largest absolute Gasteiger partial charge is 2.00 e. The SMILES string of the molecule is CCCC/C=C/CCCCCCCCOC(=O)c1ccc(S(=O)(=O)[O-])cc1C(=O)OCCCCCCCC/C=C/CCCC.CCCC/C=C/CCCCCCCCOC(=O)c1ccc(S(=O)(=O)[O-])cc1C(=O)OCCCCCCCC/C=C/CCCC.[Ca+2]. The van der Waals surface area contributed by atoms with Gasteiger partial charge in [-0.05, 0) is 139 Å².